The Morgan fingerprint density at radius 2 is 2.07 bits per heavy atom. The molecule has 30 heavy (non-hydrogen) atoms. The van der Waals surface area contributed by atoms with Crippen LogP contribution in [0.15, 0.2) is 29.3 Å². The SMILES string of the molecule is COC(=O)CN=C1NC2C(C(=O)NC(=O)N2C)N1CC(O)COc1ccccc1C. The number of fused-ring (bicyclic) bond motifs is 1. The Kier molecular flexibility index (Phi) is 6.40. The van der Waals surface area contributed by atoms with E-state index in [2.05, 4.69) is 20.4 Å². The molecule has 2 aliphatic rings. The lowest BCUT2D eigenvalue weighted by Crippen LogP contribution is -2.65. The summed E-state index contributed by atoms with van der Waals surface area (Å²) in [5.74, 6) is -0.223. The molecule has 3 amide bonds. The molecule has 2 heterocycles. The maximum Gasteiger partial charge on any atom is 0.327 e. The van der Waals surface area contributed by atoms with Gasteiger partial charge in [-0.05, 0) is 18.6 Å². The summed E-state index contributed by atoms with van der Waals surface area (Å²) in [4.78, 5) is 42.9. The lowest BCUT2D eigenvalue weighted by Gasteiger charge is -2.35. The third-order valence-corrected chi connectivity index (χ3v) is 4.94. The van der Waals surface area contributed by atoms with Crippen LogP contribution < -0.4 is 15.4 Å². The number of amides is 3. The van der Waals surface area contributed by atoms with Crippen LogP contribution in [-0.2, 0) is 14.3 Å². The first-order valence-corrected chi connectivity index (χ1v) is 9.40. The number of urea groups is 1. The Balaban J connectivity index is 1.75. The molecule has 1 aromatic carbocycles. The molecule has 2 saturated heterocycles. The van der Waals surface area contributed by atoms with Crippen molar-refractivity contribution in [1.82, 2.24) is 20.4 Å². The smallest absolute Gasteiger partial charge is 0.327 e. The molecule has 3 atom stereocenters. The molecule has 0 bridgehead atoms. The fraction of sp³-hybridized carbons (Fsp3) is 0.474. The zero-order valence-corrected chi connectivity index (χ0v) is 17.0. The number of aliphatic hydroxyl groups is 1. The second-order valence-electron chi connectivity index (χ2n) is 7.04. The molecule has 11 heteroatoms. The average Bonchev–Trinajstić information content (AvgIpc) is 3.08. The van der Waals surface area contributed by atoms with E-state index >= 15 is 0 Å². The average molecular weight is 419 g/mol. The third-order valence-electron chi connectivity index (χ3n) is 4.94. The summed E-state index contributed by atoms with van der Waals surface area (Å²) in [6.07, 6.45) is -1.66. The lowest BCUT2D eigenvalue weighted by atomic mass is 10.1. The van der Waals surface area contributed by atoms with E-state index in [0.717, 1.165) is 5.56 Å². The number of methoxy groups -OCH3 is 1. The maximum absolute atomic E-state index is 12.5. The number of rotatable bonds is 7. The summed E-state index contributed by atoms with van der Waals surface area (Å²) in [6.45, 7) is 1.60. The number of aryl methyl sites for hydroxylation is 1. The first kappa shape index (κ1) is 21.4. The molecule has 162 valence electrons. The molecule has 0 aromatic heterocycles. The third kappa shape index (κ3) is 4.46. The van der Waals surface area contributed by atoms with E-state index in [9.17, 15) is 19.5 Å². The van der Waals surface area contributed by atoms with E-state index in [4.69, 9.17) is 4.74 Å². The number of carbonyl (C=O) groups excluding carboxylic acids is 3. The minimum absolute atomic E-state index is 0.00446. The largest absolute Gasteiger partial charge is 0.491 e. The minimum Gasteiger partial charge on any atom is -0.491 e. The number of aliphatic imine (C=N–C) groups is 1. The molecule has 3 unspecified atom stereocenters. The highest BCUT2D eigenvalue weighted by Gasteiger charge is 2.50. The number of likely N-dealkylation sites (N-methyl/N-ethyl adjacent to an activating group) is 1. The number of nitrogens with one attached hydrogen (secondary N) is 2. The number of nitrogens with zero attached hydrogens (tertiary/aromatic N) is 3. The van der Waals surface area contributed by atoms with Crippen LogP contribution in [0.4, 0.5) is 4.79 Å². The van der Waals surface area contributed by atoms with E-state index in [1.807, 2.05) is 25.1 Å². The normalized spacial score (nSPS) is 23.0. The van der Waals surface area contributed by atoms with Gasteiger partial charge in [0.25, 0.3) is 5.91 Å². The number of hydrogen-bond donors (Lipinski definition) is 3. The number of guanidine groups is 1. The summed E-state index contributed by atoms with van der Waals surface area (Å²) in [5, 5.41) is 15.8. The number of ether oxygens (including phenoxy) is 2. The van der Waals surface area contributed by atoms with Crippen LogP contribution in [0, 0.1) is 6.92 Å². The highest BCUT2D eigenvalue weighted by molar-refractivity contribution is 6.04. The maximum atomic E-state index is 12.5. The van der Waals surface area contributed by atoms with Gasteiger partial charge in [-0.15, -0.1) is 0 Å². The molecule has 3 rings (SSSR count). The molecule has 2 aliphatic heterocycles. The van der Waals surface area contributed by atoms with Gasteiger partial charge in [0.2, 0.25) is 0 Å². The molecule has 0 radical (unpaired) electrons. The van der Waals surface area contributed by atoms with Gasteiger partial charge in [-0.3, -0.25) is 14.9 Å². The van der Waals surface area contributed by atoms with E-state index in [1.165, 1.54) is 24.0 Å². The van der Waals surface area contributed by atoms with Gasteiger partial charge in [-0.1, -0.05) is 18.2 Å². The lowest BCUT2D eigenvalue weighted by molar-refractivity contribution is -0.138. The van der Waals surface area contributed by atoms with Crippen molar-refractivity contribution in [2.24, 2.45) is 4.99 Å². The zero-order chi connectivity index (χ0) is 21.8. The highest BCUT2D eigenvalue weighted by Crippen LogP contribution is 2.21. The topological polar surface area (TPSA) is 133 Å². The van der Waals surface area contributed by atoms with Crippen LogP contribution in [0.1, 0.15) is 5.56 Å². The van der Waals surface area contributed by atoms with Gasteiger partial charge in [0.1, 0.15) is 31.2 Å². The Morgan fingerprint density at radius 1 is 1.33 bits per heavy atom. The Labute approximate surface area is 173 Å². The second-order valence-corrected chi connectivity index (χ2v) is 7.04. The highest BCUT2D eigenvalue weighted by atomic mass is 16.5. The van der Waals surface area contributed by atoms with Gasteiger partial charge < -0.3 is 29.7 Å². The Bertz CT molecular complexity index is 860. The van der Waals surface area contributed by atoms with Crippen LogP contribution in [0.3, 0.4) is 0 Å². The van der Waals surface area contributed by atoms with Gasteiger partial charge in [0.05, 0.1) is 13.7 Å². The molecule has 0 aliphatic carbocycles. The number of carbonyl (C=O) groups is 3. The first-order chi connectivity index (χ1) is 14.3. The van der Waals surface area contributed by atoms with Gasteiger partial charge in [-0.2, -0.15) is 0 Å². The van der Waals surface area contributed by atoms with Crippen molar-refractivity contribution in [3.05, 3.63) is 29.8 Å². The van der Waals surface area contributed by atoms with Gasteiger partial charge in [0, 0.05) is 7.05 Å². The van der Waals surface area contributed by atoms with Crippen molar-refractivity contribution in [3.8, 4) is 5.75 Å². The Morgan fingerprint density at radius 3 is 2.77 bits per heavy atom. The molecule has 1 aromatic rings. The number of aliphatic hydroxyl groups excluding tert-OH is 1. The summed E-state index contributed by atoms with van der Waals surface area (Å²) >= 11 is 0. The van der Waals surface area contributed by atoms with Crippen molar-refractivity contribution in [2.45, 2.75) is 25.2 Å². The predicted octanol–water partition coefficient (Wildman–Crippen LogP) is -0.955. The molecule has 3 N–H and O–H groups in total. The fourth-order valence-electron chi connectivity index (χ4n) is 3.31. The van der Waals surface area contributed by atoms with Crippen LogP contribution in [0.25, 0.3) is 0 Å². The van der Waals surface area contributed by atoms with Gasteiger partial charge >= 0.3 is 12.0 Å². The van der Waals surface area contributed by atoms with Crippen molar-refractivity contribution >= 4 is 23.9 Å². The van der Waals surface area contributed by atoms with Crippen LogP contribution in [0.5, 0.6) is 5.75 Å². The summed E-state index contributed by atoms with van der Waals surface area (Å²) in [5.41, 5.74) is 0.930. The number of para-hydroxylation sites is 1. The van der Waals surface area contributed by atoms with Crippen molar-refractivity contribution in [2.75, 3.05) is 33.9 Å². The van der Waals surface area contributed by atoms with E-state index < -0.39 is 36.2 Å². The van der Waals surface area contributed by atoms with Gasteiger partial charge in [-0.25, -0.2) is 9.79 Å². The summed E-state index contributed by atoms with van der Waals surface area (Å²) in [6, 6.07) is 6.05. The summed E-state index contributed by atoms with van der Waals surface area (Å²) < 4.78 is 10.3. The number of β-amino-alcohol motifs (C(OH)–C–C–N with tert-alkyl or cyclic N) is 1. The number of esters is 1. The number of imide groups is 1. The summed E-state index contributed by atoms with van der Waals surface area (Å²) in [7, 11) is 2.78. The van der Waals surface area contributed by atoms with Gasteiger partial charge in [0.15, 0.2) is 12.0 Å². The number of benzene rings is 1. The van der Waals surface area contributed by atoms with E-state index in [1.54, 1.807) is 6.07 Å². The van der Waals surface area contributed by atoms with Crippen LogP contribution in [0.2, 0.25) is 0 Å². The minimum atomic E-state index is -0.968. The van der Waals surface area contributed by atoms with Crippen LogP contribution >= 0.6 is 0 Å². The molecule has 2 fully saturated rings. The number of hydrogen-bond acceptors (Lipinski definition) is 7. The predicted molar refractivity (Wildman–Crippen MR) is 106 cm³/mol. The molecule has 11 nitrogen and oxygen atoms in total. The van der Waals surface area contributed by atoms with Crippen molar-refractivity contribution < 1.29 is 29.0 Å². The standard InChI is InChI=1S/C19H25N5O6/c1-11-6-4-5-7-13(11)30-10-12(25)9-24-15-16(23(2)19(28)22-17(15)27)21-18(24)20-8-14(26)29-3/h4-7,12,15-16,25H,8-10H2,1-3H3,(H,20,21)(H,22,27,28). The molecule has 0 saturated carbocycles. The first-order valence-electron chi connectivity index (χ1n) is 9.40. The Hall–Kier alpha value is -3.34. The van der Waals surface area contributed by atoms with Crippen molar-refractivity contribution in [3.63, 3.8) is 0 Å². The molecular formula is C19H25N5O6. The monoisotopic (exact) mass is 419 g/mol. The van der Waals surface area contributed by atoms with E-state index in [0.29, 0.717) is 5.75 Å². The molecule has 0 spiro atoms. The second kappa shape index (κ2) is 8.99. The quantitative estimate of drug-likeness (QED) is 0.482. The van der Waals surface area contributed by atoms with E-state index in [-0.39, 0.29) is 25.7 Å². The molecular weight excluding hydrogens is 394 g/mol. The fourth-order valence-corrected chi connectivity index (χ4v) is 3.31. The zero-order valence-electron chi connectivity index (χ0n) is 17.0. The van der Waals surface area contributed by atoms with Crippen molar-refractivity contribution in [1.29, 1.82) is 0 Å². The van der Waals surface area contributed by atoms with Crippen LogP contribution in [-0.4, -0.2) is 90.9 Å².